The van der Waals surface area contributed by atoms with Gasteiger partial charge in [0, 0.05) is 0 Å². The lowest BCUT2D eigenvalue weighted by Crippen LogP contribution is -2.42. The Kier molecular flexibility index (Phi) is 12.2. The van der Waals surface area contributed by atoms with Gasteiger partial charge in [0.15, 0.2) is 0 Å². The van der Waals surface area contributed by atoms with Crippen molar-refractivity contribution >= 4 is 12.1 Å². The third-order valence-corrected chi connectivity index (χ3v) is 5.01. The van der Waals surface area contributed by atoms with E-state index in [0.717, 1.165) is 44.9 Å². The zero-order chi connectivity index (χ0) is 18.3. The number of nitrogens with one attached hydrogen (secondary N) is 1. The molecule has 5 heteroatoms. The Morgan fingerprint density at radius 1 is 0.960 bits per heavy atom. The van der Waals surface area contributed by atoms with Crippen molar-refractivity contribution in [1.29, 1.82) is 0 Å². The Morgan fingerprint density at radius 2 is 1.48 bits per heavy atom. The van der Waals surface area contributed by atoms with E-state index in [2.05, 4.69) is 12.2 Å². The van der Waals surface area contributed by atoms with Gasteiger partial charge in [-0.15, -0.1) is 0 Å². The Labute approximate surface area is 152 Å². The second kappa shape index (κ2) is 14.0. The van der Waals surface area contributed by atoms with Crippen molar-refractivity contribution in [1.82, 2.24) is 5.32 Å². The lowest BCUT2D eigenvalue weighted by atomic mass is 9.99. The summed E-state index contributed by atoms with van der Waals surface area (Å²) in [5, 5.41) is 11.3. The fourth-order valence-corrected chi connectivity index (χ4v) is 3.49. The number of unbranched alkanes of at least 4 members (excludes halogenated alkanes) is 2. The third kappa shape index (κ3) is 11.1. The number of carboxylic acid groups (broad SMARTS) is 1. The van der Waals surface area contributed by atoms with E-state index in [1.54, 1.807) is 0 Å². The monoisotopic (exact) mass is 355 g/mol. The maximum absolute atomic E-state index is 12.5. The van der Waals surface area contributed by atoms with Gasteiger partial charge in [0.2, 0.25) is 0 Å². The van der Waals surface area contributed by atoms with Crippen molar-refractivity contribution in [3.05, 3.63) is 0 Å². The number of ether oxygens (including phenoxy) is 1. The van der Waals surface area contributed by atoms with E-state index in [-0.39, 0.29) is 6.10 Å². The van der Waals surface area contributed by atoms with Crippen LogP contribution < -0.4 is 5.32 Å². The van der Waals surface area contributed by atoms with E-state index >= 15 is 0 Å². The van der Waals surface area contributed by atoms with Gasteiger partial charge in [-0.25, -0.2) is 9.59 Å². The zero-order valence-electron chi connectivity index (χ0n) is 15.9. The molecule has 1 unspecified atom stereocenters. The molecule has 0 bridgehead atoms. The maximum atomic E-state index is 12.5. The second-order valence-corrected chi connectivity index (χ2v) is 7.32. The molecule has 0 heterocycles. The first-order chi connectivity index (χ1) is 12.1. The van der Waals surface area contributed by atoms with Crippen LogP contribution in [0.3, 0.4) is 0 Å². The highest BCUT2D eigenvalue weighted by atomic mass is 16.5. The molecular formula is C20H37NO4. The Bertz CT molecular complexity index is 361. The van der Waals surface area contributed by atoms with Crippen LogP contribution in [0.5, 0.6) is 0 Å². The van der Waals surface area contributed by atoms with E-state index < -0.39 is 18.1 Å². The number of carbonyl (C=O) groups is 2. The summed E-state index contributed by atoms with van der Waals surface area (Å²) in [6, 6.07) is -0.731. The fourth-order valence-electron chi connectivity index (χ4n) is 3.49. The minimum atomic E-state index is -1.16. The zero-order valence-corrected chi connectivity index (χ0v) is 15.9. The van der Waals surface area contributed by atoms with Crippen LogP contribution in [0.1, 0.15) is 103 Å². The van der Waals surface area contributed by atoms with Crippen LogP contribution in [-0.2, 0) is 9.53 Å². The highest BCUT2D eigenvalue weighted by Crippen LogP contribution is 2.19. The highest BCUT2D eigenvalue weighted by molar-refractivity contribution is 5.80. The normalized spacial score (nSPS) is 19.2. The summed E-state index contributed by atoms with van der Waals surface area (Å²) >= 11 is 0. The van der Waals surface area contributed by atoms with Crippen LogP contribution in [0.15, 0.2) is 0 Å². The number of hydrogen-bond donors (Lipinski definition) is 2. The van der Waals surface area contributed by atoms with Gasteiger partial charge in [-0.1, -0.05) is 71.1 Å². The smallest absolute Gasteiger partial charge is 0.405 e. The summed E-state index contributed by atoms with van der Waals surface area (Å²) in [6.45, 7) is 2.09. The van der Waals surface area contributed by atoms with Crippen molar-refractivity contribution in [3.8, 4) is 0 Å². The first-order valence-corrected chi connectivity index (χ1v) is 10.3. The standard InChI is InChI=1S/C20H37NO4/c1-2-3-11-16-18(21-20(23)24)19(22)25-17-14-12-9-7-5-4-6-8-10-13-15-17/h17-18,21H,2-16H2,1H3,(H,23,24). The molecule has 1 amide bonds. The molecule has 0 aromatic rings. The summed E-state index contributed by atoms with van der Waals surface area (Å²) in [7, 11) is 0. The first kappa shape index (κ1) is 21.8. The second-order valence-electron chi connectivity index (χ2n) is 7.32. The topological polar surface area (TPSA) is 75.6 Å². The molecule has 5 nitrogen and oxygen atoms in total. The molecule has 1 rings (SSSR count). The Balaban J connectivity index is 2.51. The van der Waals surface area contributed by atoms with Crippen LogP contribution in [0.25, 0.3) is 0 Å². The summed E-state index contributed by atoms with van der Waals surface area (Å²) in [5.74, 6) is -0.393. The van der Waals surface area contributed by atoms with Crippen LogP contribution >= 0.6 is 0 Å². The van der Waals surface area contributed by atoms with Crippen molar-refractivity contribution in [2.24, 2.45) is 0 Å². The third-order valence-electron chi connectivity index (χ3n) is 5.01. The molecule has 0 radical (unpaired) electrons. The largest absolute Gasteiger partial charge is 0.465 e. The highest BCUT2D eigenvalue weighted by Gasteiger charge is 2.24. The summed E-state index contributed by atoms with van der Waals surface area (Å²) in [4.78, 5) is 23.4. The van der Waals surface area contributed by atoms with Gasteiger partial charge in [0.25, 0.3) is 0 Å². The number of carbonyl (C=O) groups excluding carboxylic acids is 1. The van der Waals surface area contributed by atoms with Gasteiger partial charge in [0.1, 0.15) is 12.1 Å². The fraction of sp³-hybridized carbons (Fsp3) is 0.900. The molecule has 25 heavy (non-hydrogen) atoms. The maximum Gasteiger partial charge on any atom is 0.405 e. The van der Waals surface area contributed by atoms with E-state index in [1.165, 1.54) is 44.9 Å². The number of hydrogen-bond acceptors (Lipinski definition) is 3. The molecular weight excluding hydrogens is 318 g/mol. The SMILES string of the molecule is CCCCCC(NC(=O)O)C(=O)OC1CCCCCCCCCCC1. The first-order valence-electron chi connectivity index (χ1n) is 10.3. The molecule has 1 saturated carbocycles. The average Bonchev–Trinajstić information content (AvgIpc) is 2.56. The number of amides is 1. The minimum Gasteiger partial charge on any atom is -0.465 e. The quantitative estimate of drug-likeness (QED) is 0.472. The van der Waals surface area contributed by atoms with Gasteiger partial charge in [-0.2, -0.15) is 0 Å². The van der Waals surface area contributed by atoms with Gasteiger partial charge in [-0.3, -0.25) is 0 Å². The molecule has 0 aromatic carbocycles. The molecule has 1 aliphatic carbocycles. The van der Waals surface area contributed by atoms with Gasteiger partial charge in [-0.05, 0) is 32.1 Å². The van der Waals surface area contributed by atoms with E-state index in [9.17, 15) is 9.59 Å². The van der Waals surface area contributed by atoms with Gasteiger partial charge < -0.3 is 15.2 Å². The molecule has 0 spiro atoms. The predicted molar refractivity (Wildman–Crippen MR) is 99.8 cm³/mol. The number of esters is 1. The molecule has 0 aliphatic heterocycles. The van der Waals surface area contributed by atoms with E-state index in [4.69, 9.17) is 9.84 Å². The van der Waals surface area contributed by atoms with Gasteiger partial charge in [0.05, 0.1) is 0 Å². The van der Waals surface area contributed by atoms with Crippen LogP contribution in [0.2, 0.25) is 0 Å². The molecule has 1 aliphatic rings. The molecule has 2 N–H and O–H groups in total. The summed E-state index contributed by atoms with van der Waals surface area (Å²) < 4.78 is 5.72. The summed E-state index contributed by atoms with van der Waals surface area (Å²) in [6.07, 6.45) is 15.0. The van der Waals surface area contributed by atoms with E-state index in [0.29, 0.717) is 6.42 Å². The Hall–Kier alpha value is -1.26. The van der Waals surface area contributed by atoms with Crippen molar-refractivity contribution in [3.63, 3.8) is 0 Å². The van der Waals surface area contributed by atoms with Crippen LogP contribution in [-0.4, -0.2) is 29.3 Å². The molecule has 0 saturated heterocycles. The summed E-state index contributed by atoms with van der Waals surface area (Å²) in [5.41, 5.74) is 0. The van der Waals surface area contributed by atoms with Gasteiger partial charge >= 0.3 is 12.1 Å². The van der Waals surface area contributed by atoms with Crippen LogP contribution in [0.4, 0.5) is 4.79 Å². The van der Waals surface area contributed by atoms with E-state index in [1.807, 2.05) is 0 Å². The lowest BCUT2D eigenvalue weighted by molar-refractivity contribution is -0.152. The molecule has 1 atom stereocenters. The Morgan fingerprint density at radius 3 is 1.96 bits per heavy atom. The lowest BCUT2D eigenvalue weighted by Gasteiger charge is -2.22. The van der Waals surface area contributed by atoms with Crippen LogP contribution in [0, 0.1) is 0 Å². The minimum absolute atomic E-state index is 0.0591. The predicted octanol–water partition coefficient (Wildman–Crippen LogP) is 5.42. The number of rotatable bonds is 7. The average molecular weight is 356 g/mol. The molecule has 0 aromatic heterocycles. The molecule has 146 valence electrons. The van der Waals surface area contributed by atoms with Crippen molar-refractivity contribution in [2.45, 2.75) is 115 Å². The van der Waals surface area contributed by atoms with Crippen molar-refractivity contribution < 1.29 is 19.4 Å². The van der Waals surface area contributed by atoms with Crippen molar-refractivity contribution in [2.75, 3.05) is 0 Å². The molecule has 1 fully saturated rings.